The quantitative estimate of drug-likeness (QED) is 0.844. The Bertz CT molecular complexity index is 393. The Kier molecular flexibility index (Phi) is 2.76. The molecule has 1 atom stereocenters. The van der Waals surface area contributed by atoms with Gasteiger partial charge in [0, 0.05) is 0 Å². The maximum Gasteiger partial charge on any atom is 0.231 e. The van der Waals surface area contributed by atoms with Gasteiger partial charge in [-0.25, -0.2) is 0 Å². The van der Waals surface area contributed by atoms with Gasteiger partial charge in [-0.2, -0.15) is 0 Å². The van der Waals surface area contributed by atoms with Crippen LogP contribution in [0.5, 0.6) is 11.5 Å². The minimum atomic E-state index is 0.245. The second-order valence-electron chi connectivity index (χ2n) is 3.78. The molecular weight excluding hydrogens is 214 g/mol. The highest BCUT2D eigenvalue weighted by Gasteiger charge is 2.22. The van der Waals surface area contributed by atoms with Crippen molar-refractivity contribution in [3.63, 3.8) is 0 Å². The standard InChI is InChI=1S/C11H14ClNO2/c1-6(4-13)8-3-9-11(15-5-14-9)10(12)7(8)2/h3,6H,4-5,13H2,1-2H3. The molecule has 15 heavy (non-hydrogen) atoms. The molecular formula is C11H14ClNO2. The summed E-state index contributed by atoms with van der Waals surface area (Å²) in [6.45, 7) is 4.89. The molecule has 0 radical (unpaired) electrons. The highest BCUT2D eigenvalue weighted by atomic mass is 35.5. The van der Waals surface area contributed by atoms with E-state index in [0.717, 1.165) is 16.9 Å². The summed E-state index contributed by atoms with van der Waals surface area (Å²) < 4.78 is 10.6. The molecule has 0 amide bonds. The number of halogens is 1. The van der Waals surface area contributed by atoms with Crippen molar-refractivity contribution in [2.75, 3.05) is 13.3 Å². The summed E-state index contributed by atoms with van der Waals surface area (Å²) in [5, 5.41) is 0.639. The molecule has 3 nitrogen and oxygen atoms in total. The number of rotatable bonds is 2. The van der Waals surface area contributed by atoms with Gasteiger partial charge in [-0.15, -0.1) is 0 Å². The van der Waals surface area contributed by atoms with Crippen molar-refractivity contribution in [1.82, 2.24) is 0 Å². The van der Waals surface area contributed by atoms with Gasteiger partial charge in [-0.3, -0.25) is 0 Å². The maximum atomic E-state index is 6.20. The van der Waals surface area contributed by atoms with Crippen LogP contribution in [0.15, 0.2) is 6.07 Å². The van der Waals surface area contributed by atoms with Crippen molar-refractivity contribution >= 4 is 11.6 Å². The zero-order valence-electron chi connectivity index (χ0n) is 8.84. The molecule has 82 valence electrons. The lowest BCUT2D eigenvalue weighted by molar-refractivity contribution is 0.174. The summed E-state index contributed by atoms with van der Waals surface area (Å²) >= 11 is 6.20. The van der Waals surface area contributed by atoms with Crippen LogP contribution < -0.4 is 15.2 Å². The van der Waals surface area contributed by atoms with E-state index in [2.05, 4.69) is 6.92 Å². The van der Waals surface area contributed by atoms with Gasteiger partial charge in [0.25, 0.3) is 0 Å². The molecule has 0 saturated carbocycles. The van der Waals surface area contributed by atoms with Gasteiger partial charge in [0.1, 0.15) is 0 Å². The number of fused-ring (bicyclic) bond motifs is 1. The summed E-state index contributed by atoms with van der Waals surface area (Å²) in [4.78, 5) is 0. The third-order valence-corrected chi connectivity index (χ3v) is 3.23. The summed E-state index contributed by atoms with van der Waals surface area (Å²) in [5.74, 6) is 1.65. The van der Waals surface area contributed by atoms with Crippen LogP contribution in [0, 0.1) is 6.92 Å². The molecule has 0 fully saturated rings. The van der Waals surface area contributed by atoms with Gasteiger partial charge in [0.2, 0.25) is 6.79 Å². The van der Waals surface area contributed by atoms with Gasteiger partial charge in [-0.1, -0.05) is 18.5 Å². The van der Waals surface area contributed by atoms with Gasteiger partial charge >= 0.3 is 0 Å². The Morgan fingerprint density at radius 3 is 2.93 bits per heavy atom. The fourth-order valence-electron chi connectivity index (χ4n) is 1.75. The van der Waals surface area contributed by atoms with Gasteiger partial charge in [0.05, 0.1) is 5.02 Å². The molecule has 1 unspecified atom stereocenters. The molecule has 0 aromatic heterocycles. The van der Waals surface area contributed by atoms with E-state index in [1.54, 1.807) is 0 Å². The van der Waals surface area contributed by atoms with Crippen LogP contribution in [0.1, 0.15) is 24.0 Å². The minimum absolute atomic E-state index is 0.245. The van der Waals surface area contributed by atoms with Crippen molar-refractivity contribution in [2.24, 2.45) is 5.73 Å². The Morgan fingerprint density at radius 2 is 2.27 bits per heavy atom. The van der Waals surface area contributed by atoms with Crippen LogP contribution in [0.3, 0.4) is 0 Å². The number of benzene rings is 1. The minimum Gasteiger partial charge on any atom is -0.454 e. The largest absolute Gasteiger partial charge is 0.454 e. The fourth-order valence-corrected chi connectivity index (χ4v) is 2.01. The molecule has 2 rings (SSSR count). The fraction of sp³-hybridized carbons (Fsp3) is 0.455. The van der Waals surface area contributed by atoms with E-state index >= 15 is 0 Å². The maximum absolute atomic E-state index is 6.20. The van der Waals surface area contributed by atoms with E-state index in [1.807, 2.05) is 13.0 Å². The van der Waals surface area contributed by atoms with Crippen LogP contribution in [0.4, 0.5) is 0 Å². The SMILES string of the molecule is Cc1c(C(C)CN)cc2c(c1Cl)OCO2. The molecule has 1 aliphatic rings. The summed E-state index contributed by atoms with van der Waals surface area (Å²) in [7, 11) is 0. The predicted octanol–water partition coefficient (Wildman–Crippen LogP) is 2.44. The normalized spacial score (nSPS) is 15.5. The average Bonchev–Trinajstić information content (AvgIpc) is 2.70. The molecule has 0 spiro atoms. The molecule has 0 aliphatic carbocycles. The average molecular weight is 228 g/mol. The highest BCUT2D eigenvalue weighted by molar-refractivity contribution is 6.33. The van der Waals surface area contributed by atoms with Crippen molar-refractivity contribution in [1.29, 1.82) is 0 Å². The van der Waals surface area contributed by atoms with E-state index in [4.69, 9.17) is 26.8 Å². The lowest BCUT2D eigenvalue weighted by atomic mass is 9.96. The zero-order valence-corrected chi connectivity index (χ0v) is 9.60. The van der Waals surface area contributed by atoms with Crippen LogP contribution in [0.2, 0.25) is 5.02 Å². The van der Waals surface area contributed by atoms with Gasteiger partial charge in [0.15, 0.2) is 11.5 Å². The predicted molar refractivity (Wildman–Crippen MR) is 59.8 cm³/mol. The number of hydrogen-bond donors (Lipinski definition) is 1. The molecule has 0 saturated heterocycles. The summed E-state index contributed by atoms with van der Waals surface area (Å²) in [6, 6.07) is 1.97. The number of ether oxygens (including phenoxy) is 2. The van der Waals surface area contributed by atoms with Gasteiger partial charge < -0.3 is 15.2 Å². The Hall–Kier alpha value is -0.930. The number of nitrogens with two attached hydrogens (primary N) is 1. The zero-order chi connectivity index (χ0) is 11.0. The monoisotopic (exact) mass is 227 g/mol. The summed E-state index contributed by atoms with van der Waals surface area (Å²) in [5.41, 5.74) is 7.81. The van der Waals surface area contributed by atoms with Crippen LogP contribution >= 0.6 is 11.6 Å². The van der Waals surface area contributed by atoms with Crippen LogP contribution in [-0.4, -0.2) is 13.3 Å². The van der Waals surface area contributed by atoms with E-state index in [-0.39, 0.29) is 12.7 Å². The van der Waals surface area contributed by atoms with Crippen molar-refractivity contribution in [3.8, 4) is 11.5 Å². The van der Waals surface area contributed by atoms with Crippen molar-refractivity contribution in [3.05, 3.63) is 22.2 Å². The Labute approximate surface area is 94.1 Å². The third kappa shape index (κ3) is 1.66. The molecule has 1 aromatic carbocycles. The second kappa shape index (κ2) is 3.91. The second-order valence-corrected chi connectivity index (χ2v) is 4.15. The van der Waals surface area contributed by atoms with E-state index in [0.29, 0.717) is 17.3 Å². The van der Waals surface area contributed by atoms with Crippen molar-refractivity contribution < 1.29 is 9.47 Å². The lowest BCUT2D eigenvalue weighted by Crippen LogP contribution is -2.10. The highest BCUT2D eigenvalue weighted by Crippen LogP contribution is 2.43. The first kappa shape index (κ1) is 10.6. The van der Waals surface area contributed by atoms with E-state index < -0.39 is 0 Å². The Balaban J connectivity index is 2.54. The first-order chi connectivity index (χ1) is 7.15. The first-order valence-electron chi connectivity index (χ1n) is 4.93. The smallest absolute Gasteiger partial charge is 0.231 e. The Morgan fingerprint density at radius 1 is 1.53 bits per heavy atom. The lowest BCUT2D eigenvalue weighted by Gasteiger charge is -2.14. The first-order valence-corrected chi connectivity index (χ1v) is 5.31. The summed E-state index contributed by atoms with van der Waals surface area (Å²) in [6.07, 6.45) is 0. The van der Waals surface area contributed by atoms with E-state index in [9.17, 15) is 0 Å². The number of hydrogen-bond acceptors (Lipinski definition) is 3. The topological polar surface area (TPSA) is 44.5 Å². The molecule has 0 bridgehead atoms. The van der Waals surface area contributed by atoms with Gasteiger partial charge in [-0.05, 0) is 36.6 Å². The van der Waals surface area contributed by atoms with Crippen LogP contribution in [-0.2, 0) is 0 Å². The van der Waals surface area contributed by atoms with E-state index in [1.165, 1.54) is 0 Å². The molecule has 2 N–H and O–H groups in total. The van der Waals surface area contributed by atoms with Crippen molar-refractivity contribution in [2.45, 2.75) is 19.8 Å². The molecule has 1 aromatic rings. The third-order valence-electron chi connectivity index (χ3n) is 2.77. The molecule has 4 heteroatoms. The molecule has 1 heterocycles. The molecule has 1 aliphatic heterocycles. The van der Waals surface area contributed by atoms with Crippen LogP contribution in [0.25, 0.3) is 0 Å².